The van der Waals surface area contributed by atoms with Crippen LogP contribution in [0.3, 0.4) is 0 Å². The SMILES string of the molecule is CC(Oc1ccc(F)cc1Br)C(=O)NC(C)c1cc(F)ccc1N1CCN(C)CC1. The molecular weight excluding hydrogens is 456 g/mol. The van der Waals surface area contributed by atoms with Crippen molar-refractivity contribution in [3.8, 4) is 5.75 Å². The lowest BCUT2D eigenvalue weighted by atomic mass is 10.0. The van der Waals surface area contributed by atoms with Crippen molar-refractivity contribution >= 4 is 27.5 Å². The number of carbonyl (C=O) groups excluding carboxylic acids is 1. The average Bonchev–Trinajstić information content (AvgIpc) is 2.70. The molecule has 2 unspecified atom stereocenters. The predicted molar refractivity (Wildman–Crippen MR) is 117 cm³/mol. The van der Waals surface area contributed by atoms with Gasteiger partial charge in [0.1, 0.15) is 17.4 Å². The van der Waals surface area contributed by atoms with E-state index in [0.29, 0.717) is 10.2 Å². The molecule has 30 heavy (non-hydrogen) atoms. The lowest BCUT2D eigenvalue weighted by molar-refractivity contribution is -0.127. The second-order valence-corrected chi connectivity index (χ2v) is 8.41. The van der Waals surface area contributed by atoms with E-state index in [1.807, 2.05) is 6.92 Å². The van der Waals surface area contributed by atoms with Crippen LogP contribution in [0.5, 0.6) is 5.75 Å². The Labute approximate surface area is 184 Å². The zero-order valence-electron chi connectivity index (χ0n) is 17.3. The van der Waals surface area contributed by atoms with Crippen molar-refractivity contribution in [2.75, 3.05) is 38.1 Å². The molecule has 2 atom stereocenters. The molecule has 1 saturated heterocycles. The molecule has 1 aliphatic rings. The third-order valence-corrected chi connectivity index (χ3v) is 5.85. The number of hydrogen-bond acceptors (Lipinski definition) is 4. The van der Waals surface area contributed by atoms with Crippen molar-refractivity contribution in [2.45, 2.75) is 26.0 Å². The molecule has 1 N–H and O–H groups in total. The van der Waals surface area contributed by atoms with E-state index in [-0.39, 0.29) is 11.7 Å². The first-order valence-electron chi connectivity index (χ1n) is 9.89. The number of halogens is 3. The Morgan fingerprint density at radius 1 is 1.07 bits per heavy atom. The van der Waals surface area contributed by atoms with Crippen molar-refractivity contribution in [1.29, 1.82) is 0 Å². The molecule has 0 aliphatic carbocycles. The van der Waals surface area contributed by atoms with Crippen LogP contribution in [0.1, 0.15) is 25.5 Å². The number of nitrogens with one attached hydrogen (secondary N) is 1. The summed E-state index contributed by atoms with van der Waals surface area (Å²) in [6.07, 6.45) is -0.810. The molecule has 0 radical (unpaired) electrons. The number of rotatable bonds is 6. The van der Waals surface area contributed by atoms with Crippen LogP contribution in [0.15, 0.2) is 40.9 Å². The van der Waals surface area contributed by atoms with Gasteiger partial charge in [0.05, 0.1) is 10.5 Å². The number of ether oxygens (including phenoxy) is 1. The summed E-state index contributed by atoms with van der Waals surface area (Å²) in [5.74, 6) is -0.714. The largest absolute Gasteiger partial charge is 0.480 e. The monoisotopic (exact) mass is 481 g/mol. The molecule has 162 valence electrons. The first-order valence-corrected chi connectivity index (χ1v) is 10.7. The molecule has 0 aromatic heterocycles. The maximum Gasteiger partial charge on any atom is 0.261 e. The van der Waals surface area contributed by atoms with E-state index in [0.717, 1.165) is 37.4 Å². The highest BCUT2D eigenvalue weighted by atomic mass is 79.9. The van der Waals surface area contributed by atoms with Gasteiger partial charge in [0, 0.05) is 37.4 Å². The van der Waals surface area contributed by atoms with Gasteiger partial charge in [-0.15, -0.1) is 0 Å². The fourth-order valence-electron chi connectivity index (χ4n) is 3.43. The van der Waals surface area contributed by atoms with E-state index in [4.69, 9.17) is 4.74 Å². The fraction of sp³-hybridized carbons (Fsp3) is 0.409. The first-order chi connectivity index (χ1) is 14.2. The van der Waals surface area contributed by atoms with Crippen molar-refractivity contribution < 1.29 is 18.3 Å². The van der Waals surface area contributed by atoms with Gasteiger partial charge in [0.15, 0.2) is 6.10 Å². The number of benzene rings is 2. The van der Waals surface area contributed by atoms with Crippen molar-refractivity contribution in [1.82, 2.24) is 10.2 Å². The van der Waals surface area contributed by atoms with Crippen LogP contribution in [0.4, 0.5) is 14.5 Å². The molecule has 2 aromatic carbocycles. The van der Waals surface area contributed by atoms with Crippen molar-refractivity contribution in [3.05, 3.63) is 58.1 Å². The lowest BCUT2D eigenvalue weighted by Crippen LogP contribution is -2.45. The summed E-state index contributed by atoms with van der Waals surface area (Å²) in [6.45, 7) is 6.98. The second-order valence-electron chi connectivity index (χ2n) is 7.56. The minimum Gasteiger partial charge on any atom is -0.480 e. The Hall–Kier alpha value is -2.19. The zero-order chi connectivity index (χ0) is 21.8. The van der Waals surface area contributed by atoms with E-state index >= 15 is 0 Å². The predicted octanol–water partition coefficient (Wildman–Crippen LogP) is 4.12. The van der Waals surface area contributed by atoms with Gasteiger partial charge >= 0.3 is 0 Å². The van der Waals surface area contributed by atoms with Crippen LogP contribution < -0.4 is 15.0 Å². The number of likely N-dealkylation sites (N-methyl/N-ethyl adjacent to an activating group) is 1. The number of anilines is 1. The fourth-order valence-corrected chi connectivity index (χ4v) is 3.88. The molecule has 3 rings (SSSR count). The van der Waals surface area contributed by atoms with Crippen LogP contribution in [0.25, 0.3) is 0 Å². The van der Waals surface area contributed by atoms with Gasteiger partial charge in [-0.25, -0.2) is 8.78 Å². The molecular formula is C22H26BrF2N3O2. The maximum absolute atomic E-state index is 14.0. The summed E-state index contributed by atoms with van der Waals surface area (Å²) in [4.78, 5) is 17.1. The van der Waals surface area contributed by atoms with Crippen LogP contribution in [0.2, 0.25) is 0 Å². The quantitative estimate of drug-likeness (QED) is 0.673. The molecule has 0 saturated carbocycles. The summed E-state index contributed by atoms with van der Waals surface area (Å²) in [5.41, 5.74) is 1.65. The van der Waals surface area contributed by atoms with Crippen LogP contribution >= 0.6 is 15.9 Å². The molecule has 8 heteroatoms. The van der Waals surface area contributed by atoms with Gasteiger partial charge in [-0.05, 0) is 73.2 Å². The molecule has 1 heterocycles. The van der Waals surface area contributed by atoms with Gasteiger partial charge in [-0.2, -0.15) is 0 Å². The smallest absolute Gasteiger partial charge is 0.261 e. The highest BCUT2D eigenvalue weighted by Crippen LogP contribution is 2.29. The Balaban J connectivity index is 1.70. The van der Waals surface area contributed by atoms with E-state index in [9.17, 15) is 13.6 Å². The normalized spacial score (nSPS) is 16.8. The molecule has 2 aromatic rings. The van der Waals surface area contributed by atoms with Gasteiger partial charge < -0.3 is 19.9 Å². The summed E-state index contributed by atoms with van der Waals surface area (Å²) in [7, 11) is 2.08. The van der Waals surface area contributed by atoms with Crippen molar-refractivity contribution in [3.63, 3.8) is 0 Å². The number of amides is 1. The van der Waals surface area contributed by atoms with Gasteiger partial charge in [-0.3, -0.25) is 4.79 Å². The molecule has 5 nitrogen and oxygen atoms in total. The number of carbonyl (C=O) groups is 1. The summed E-state index contributed by atoms with van der Waals surface area (Å²) in [6, 6.07) is 8.29. The number of hydrogen-bond donors (Lipinski definition) is 1. The van der Waals surface area contributed by atoms with E-state index in [2.05, 4.69) is 38.1 Å². The third-order valence-electron chi connectivity index (χ3n) is 5.23. The molecule has 1 fully saturated rings. The minimum atomic E-state index is -0.810. The Kier molecular flexibility index (Phi) is 7.31. The number of piperazine rings is 1. The van der Waals surface area contributed by atoms with E-state index in [1.54, 1.807) is 13.0 Å². The Bertz CT molecular complexity index is 904. The van der Waals surface area contributed by atoms with Gasteiger partial charge in [-0.1, -0.05) is 0 Å². The standard InChI is InChI=1S/C22H26BrF2N3O2/c1-14(26-22(29)15(2)30-21-7-5-17(25)13-19(21)23)18-12-16(24)4-6-20(18)28-10-8-27(3)9-11-28/h4-7,12-15H,8-11H2,1-3H3,(H,26,29). The molecule has 1 amide bonds. The minimum absolute atomic E-state index is 0.340. The van der Waals surface area contributed by atoms with E-state index < -0.39 is 18.0 Å². The molecule has 0 spiro atoms. The second kappa shape index (κ2) is 9.75. The molecule has 1 aliphatic heterocycles. The summed E-state index contributed by atoms with van der Waals surface area (Å²) < 4.78 is 33.3. The van der Waals surface area contributed by atoms with Crippen LogP contribution in [0, 0.1) is 11.6 Å². The highest BCUT2D eigenvalue weighted by molar-refractivity contribution is 9.10. The van der Waals surface area contributed by atoms with E-state index in [1.165, 1.54) is 30.3 Å². The van der Waals surface area contributed by atoms with Gasteiger partial charge in [0.2, 0.25) is 0 Å². The third kappa shape index (κ3) is 5.49. The number of nitrogens with zero attached hydrogens (tertiary/aromatic N) is 2. The highest BCUT2D eigenvalue weighted by Gasteiger charge is 2.23. The lowest BCUT2D eigenvalue weighted by Gasteiger charge is -2.36. The summed E-state index contributed by atoms with van der Waals surface area (Å²) in [5, 5.41) is 2.91. The zero-order valence-corrected chi connectivity index (χ0v) is 18.9. The van der Waals surface area contributed by atoms with Crippen molar-refractivity contribution in [2.24, 2.45) is 0 Å². The molecule has 0 bridgehead atoms. The van der Waals surface area contributed by atoms with Gasteiger partial charge in [0.25, 0.3) is 5.91 Å². The Morgan fingerprint density at radius 3 is 2.37 bits per heavy atom. The summed E-state index contributed by atoms with van der Waals surface area (Å²) >= 11 is 3.23. The maximum atomic E-state index is 14.0. The van der Waals surface area contributed by atoms with Crippen LogP contribution in [-0.4, -0.2) is 50.1 Å². The average molecular weight is 482 g/mol. The Morgan fingerprint density at radius 2 is 1.70 bits per heavy atom. The first kappa shape index (κ1) is 22.5. The van der Waals surface area contributed by atoms with Crippen LogP contribution in [-0.2, 0) is 4.79 Å². The topological polar surface area (TPSA) is 44.8 Å².